The van der Waals surface area contributed by atoms with Crippen molar-refractivity contribution in [2.75, 3.05) is 13.2 Å². The maximum absolute atomic E-state index is 12.3. The molecule has 148 valence electrons. The second-order valence-corrected chi connectivity index (χ2v) is 6.34. The molecule has 1 aliphatic carbocycles. The Morgan fingerprint density at radius 1 is 1.25 bits per heavy atom. The number of likely N-dealkylation sites (N-methyl/N-ethyl adjacent to an activating group) is 1. The predicted octanol–water partition coefficient (Wildman–Crippen LogP) is 3.03. The third kappa shape index (κ3) is 4.97. The summed E-state index contributed by atoms with van der Waals surface area (Å²) in [5.74, 6) is 0.708. The summed E-state index contributed by atoms with van der Waals surface area (Å²) in [6, 6.07) is 6.46. The predicted molar refractivity (Wildman–Crippen MR) is 99.4 cm³/mol. The van der Waals surface area contributed by atoms with E-state index in [4.69, 9.17) is 14.0 Å². The van der Waals surface area contributed by atoms with Crippen LogP contribution in [-0.4, -0.2) is 40.1 Å². The van der Waals surface area contributed by atoms with Crippen molar-refractivity contribution < 1.29 is 23.6 Å². The Hall–Kier alpha value is -3.16. The molecule has 1 aromatic heterocycles. The standard InChI is InChI=1S/C20H23N3O5/c1-3-23(16-6-4-5-7-16)19(24)13-27-20(25)15-8-10-17(11-9-15)26-12-18-21-14(2)28-22-18/h6,8-11H,3-5,7,12-13H2,1-2H3. The third-order valence-electron chi connectivity index (χ3n) is 4.34. The molecule has 0 aliphatic heterocycles. The third-order valence-corrected chi connectivity index (χ3v) is 4.34. The summed E-state index contributed by atoms with van der Waals surface area (Å²) in [5.41, 5.74) is 1.36. The van der Waals surface area contributed by atoms with Crippen LogP contribution in [0.1, 0.15) is 48.3 Å². The number of hydrogen-bond donors (Lipinski definition) is 0. The number of allylic oxidation sites excluding steroid dienone is 2. The zero-order valence-electron chi connectivity index (χ0n) is 16.0. The number of carbonyl (C=O) groups is 2. The van der Waals surface area contributed by atoms with Crippen LogP contribution in [0, 0.1) is 6.92 Å². The number of ether oxygens (including phenoxy) is 2. The van der Waals surface area contributed by atoms with E-state index in [1.807, 2.05) is 6.92 Å². The molecule has 8 heteroatoms. The smallest absolute Gasteiger partial charge is 0.338 e. The Labute approximate surface area is 163 Å². The molecule has 1 heterocycles. The molecule has 0 saturated heterocycles. The van der Waals surface area contributed by atoms with Gasteiger partial charge in [-0.1, -0.05) is 11.2 Å². The fourth-order valence-corrected chi connectivity index (χ4v) is 2.96. The van der Waals surface area contributed by atoms with Gasteiger partial charge in [-0.2, -0.15) is 4.98 Å². The van der Waals surface area contributed by atoms with Crippen LogP contribution in [0.2, 0.25) is 0 Å². The van der Waals surface area contributed by atoms with Crippen molar-refractivity contribution in [1.82, 2.24) is 15.0 Å². The lowest BCUT2D eigenvalue weighted by molar-refractivity contribution is -0.132. The SMILES string of the molecule is CCN(C(=O)COC(=O)c1ccc(OCc2noc(C)n2)cc1)C1=CCCC1. The van der Waals surface area contributed by atoms with Gasteiger partial charge >= 0.3 is 5.97 Å². The van der Waals surface area contributed by atoms with Crippen molar-refractivity contribution >= 4 is 11.9 Å². The van der Waals surface area contributed by atoms with Crippen LogP contribution in [0.5, 0.6) is 5.75 Å². The second-order valence-electron chi connectivity index (χ2n) is 6.34. The maximum Gasteiger partial charge on any atom is 0.338 e. The first kappa shape index (κ1) is 19.6. The number of aromatic nitrogens is 2. The van der Waals surface area contributed by atoms with E-state index in [1.165, 1.54) is 0 Å². The largest absolute Gasteiger partial charge is 0.485 e. The van der Waals surface area contributed by atoms with Gasteiger partial charge in [-0.15, -0.1) is 0 Å². The van der Waals surface area contributed by atoms with Crippen LogP contribution in [0.4, 0.5) is 0 Å². The molecule has 0 radical (unpaired) electrons. The molecular weight excluding hydrogens is 362 g/mol. The van der Waals surface area contributed by atoms with Crippen LogP contribution >= 0.6 is 0 Å². The van der Waals surface area contributed by atoms with E-state index < -0.39 is 5.97 Å². The van der Waals surface area contributed by atoms with Gasteiger partial charge in [0.05, 0.1) is 5.56 Å². The van der Waals surface area contributed by atoms with Crippen LogP contribution in [0.25, 0.3) is 0 Å². The van der Waals surface area contributed by atoms with Crippen molar-refractivity contribution in [3.05, 3.63) is 53.3 Å². The number of benzene rings is 1. The molecular formula is C20H23N3O5. The van der Waals surface area contributed by atoms with Crippen molar-refractivity contribution in [2.45, 2.75) is 39.7 Å². The van der Waals surface area contributed by atoms with Crippen LogP contribution in [0.3, 0.4) is 0 Å². The van der Waals surface area contributed by atoms with Crippen molar-refractivity contribution in [3.8, 4) is 5.75 Å². The first-order chi connectivity index (χ1) is 13.6. The minimum atomic E-state index is -0.551. The molecule has 28 heavy (non-hydrogen) atoms. The number of hydrogen-bond acceptors (Lipinski definition) is 7. The first-order valence-corrected chi connectivity index (χ1v) is 9.25. The number of esters is 1. The summed E-state index contributed by atoms with van der Waals surface area (Å²) in [6.07, 6.45) is 5.00. The lowest BCUT2D eigenvalue weighted by Gasteiger charge is -2.22. The number of amides is 1. The molecule has 0 spiro atoms. The van der Waals surface area contributed by atoms with Gasteiger partial charge in [0, 0.05) is 19.2 Å². The molecule has 2 aromatic rings. The van der Waals surface area contributed by atoms with Gasteiger partial charge in [0.1, 0.15) is 5.75 Å². The van der Waals surface area contributed by atoms with Gasteiger partial charge in [0.2, 0.25) is 11.7 Å². The van der Waals surface area contributed by atoms with E-state index in [0.29, 0.717) is 29.6 Å². The minimum absolute atomic E-state index is 0.165. The van der Waals surface area contributed by atoms with Crippen molar-refractivity contribution in [3.63, 3.8) is 0 Å². The second kappa shape index (κ2) is 9.16. The average Bonchev–Trinajstić information content (AvgIpc) is 3.37. The van der Waals surface area contributed by atoms with Crippen molar-refractivity contribution in [2.24, 2.45) is 0 Å². The van der Waals surface area contributed by atoms with Crippen LogP contribution < -0.4 is 4.74 Å². The summed E-state index contributed by atoms with van der Waals surface area (Å²) in [6.45, 7) is 4.06. The summed E-state index contributed by atoms with van der Waals surface area (Å²) in [5, 5.41) is 3.74. The van der Waals surface area contributed by atoms with Crippen LogP contribution in [0.15, 0.2) is 40.6 Å². The fourth-order valence-electron chi connectivity index (χ4n) is 2.96. The Balaban J connectivity index is 1.49. The van der Waals surface area contributed by atoms with Gasteiger partial charge in [-0.05, 0) is 50.5 Å². The summed E-state index contributed by atoms with van der Waals surface area (Å²) in [7, 11) is 0. The van der Waals surface area contributed by atoms with E-state index >= 15 is 0 Å². The highest BCUT2D eigenvalue weighted by Gasteiger charge is 2.20. The van der Waals surface area contributed by atoms with Gasteiger partial charge in [-0.25, -0.2) is 4.79 Å². The van der Waals surface area contributed by atoms with Crippen LogP contribution in [-0.2, 0) is 16.1 Å². The molecule has 1 amide bonds. The van der Waals surface area contributed by atoms with Gasteiger partial charge in [-0.3, -0.25) is 4.79 Å². The minimum Gasteiger partial charge on any atom is -0.485 e. The Bertz CT molecular complexity index is 857. The van der Waals surface area contributed by atoms with Gasteiger partial charge < -0.3 is 18.9 Å². The molecule has 0 fully saturated rings. The average molecular weight is 385 g/mol. The lowest BCUT2D eigenvalue weighted by Crippen LogP contribution is -2.33. The highest BCUT2D eigenvalue weighted by molar-refractivity contribution is 5.91. The van der Waals surface area contributed by atoms with E-state index in [2.05, 4.69) is 16.2 Å². The Morgan fingerprint density at radius 3 is 2.64 bits per heavy atom. The monoisotopic (exact) mass is 385 g/mol. The van der Waals surface area contributed by atoms with Crippen molar-refractivity contribution in [1.29, 1.82) is 0 Å². The fraction of sp³-hybridized carbons (Fsp3) is 0.400. The molecule has 0 atom stereocenters. The lowest BCUT2D eigenvalue weighted by atomic mass is 10.2. The molecule has 3 rings (SSSR count). The maximum atomic E-state index is 12.3. The molecule has 1 aliphatic rings. The number of aryl methyl sites for hydroxylation is 1. The highest BCUT2D eigenvalue weighted by Crippen LogP contribution is 2.21. The molecule has 0 bridgehead atoms. The zero-order valence-corrected chi connectivity index (χ0v) is 16.0. The number of carbonyl (C=O) groups excluding carboxylic acids is 2. The summed E-state index contributed by atoms with van der Waals surface area (Å²) >= 11 is 0. The number of rotatable bonds is 8. The number of nitrogens with zero attached hydrogens (tertiary/aromatic N) is 3. The summed E-state index contributed by atoms with van der Waals surface area (Å²) in [4.78, 5) is 30.3. The van der Waals surface area contributed by atoms with E-state index in [9.17, 15) is 9.59 Å². The molecule has 0 saturated carbocycles. The summed E-state index contributed by atoms with van der Waals surface area (Å²) < 4.78 is 15.6. The molecule has 1 aromatic carbocycles. The Kier molecular flexibility index (Phi) is 6.41. The zero-order chi connectivity index (χ0) is 19.9. The quantitative estimate of drug-likeness (QED) is 0.645. The topological polar surface area (TPSA) is 94.8 Å². The Morgan fingerprint density at radius 2 is 2.04 bits per heavy atom. The highest BCUT2D eigenvalue weighted by atomic mass is 16.5. The molecule has 0 N–H and O–H groups in total. The molecule has 8 nitrogen and oxygen atoms in total. The normalized spacial score (nSPS) is 13.1. The van der Waals surface area contributed by atoms with E-state index in [0.717, 1.165) is 25.0 Å². The van der Waals surface area contributed by atoms with Gasteiger partial charge in [0.15, 0.2) is 13.2 Å². The van der Waals surface area contributed by atoms with E-state index in [1.54, 1.807) is 36.1 Å². The molecule has 0 unspecified atom stereocenters. The van der Waals surface area contributed by atoms with E-state index in [-0.39, 0.29) is 19.1 Å². The van der Waals surface area contributed by atoms with Gasteiger partial charge in [0.25, 0.3) is 5.91 Å². The first-order valence-electron chi connectivity index (χ1n) is 9.25.